The molecule has 0 atom stereocenters. The minimum absolute atomic E-state index is 0.0624. The lowest BCUT2D eigenvalue weighted by Crippen LogP contribution is -2.03. The highest BCUT2D eigenvalue weighted by Crippen LogP contribution is 2.28. The SMILES string of the molecule is COC(=O)C=Cc1ccc(OCCO)c(OC)c1. The molecule has 0 unspecified atom stereocenters. The van der Waals surface area contributed by atoms with Crippen LogP contribution in [-0.2, 0) is 9.53 Å². The Balaban J connectivity index is 2.84. The van der Waals surface area contributed by atoms with Gasteiger partial charge in [0.25, 0.3) is 0 Å². The first-order chi connectivity index (χ1) is 8.71. The molecule has 0 aliphatic heterocycles. The van der Waals surface area contributed by atoms with E-state index in [2.05, 4.69) is 4.74 Å². The van der Waals surface area contributed by atoms with Crippen LogP contribution in [-0.4, -0.2) is 38.5 Å². The Morgan fingerprint density at radius 3 is 2.72 bits per heavy atom. The van der Waals surface area contributed by atoms with Crippen molar-refractivity contribution in [1.82, 2.24) is 0 Å². The van der Waals surface area contributed by atoms with Crippen LogP contribution in [0.2, 0.25) is 0 Å². The number of esters is 1. The first kappa shape index (κ1) is 14.1. The average molecular weight is 252 g/mol. The fraction of sp³-hybridized carbons (Fsp3) is 0.308. The van der Waals surface area contributed by atoms with Gasteiger partial charge >= 0.3 is 5.97 Å². The highest BCUT2D eigenvalue weighted by atomic mass is 16.5. The zero-order chi connectivity index (χ0) is 13.4. The molecule has 98 valence electrons. The molecule has 0 bridgehead atoms. The van der Waals surface area contributed by atoms with Crippen molar-refractivity contribution in [3.8, 4) is 11.5 Å². The number of carbonyl (C=O) groups is 1. The van der Waals surface area contributed by atoms with Gasteiger partial charge in [-0.15, -0.1) is 0 Å². The number of aliphatic hydroxyl groups excluding tert-OH is 1. The highest BCUT2D eigenvalue weighted by molar-refractivity contribution is 5.87. The first-order valence-corrected chi connectivity index (χ1v) is 5.39. The molecule has 0 amide bonds. The second-order valence-electron chi connectivity index (χ2n) is 3.34. The minimum Gasteiger partial charge on any atom is -0.493 e. The molecule has 0 fully saturated rings. The number of hydrogen-bond acceptors (Lipinski definition) is 5. The Bertz CT molecular complexity index is 425. The first-order valence-electron chi connectivity index (χ1n) is 5.39. The summed E-state index contributed by atoms with van der Waals surface area (Å²) in [6.07, 6.45) is 2.94. The van der Waals surface area contributed by atoms with E-state index in [1.165, 1.54) is 20.3 Å². The second kappa shape index (κ2) is 7.34. The Kier molecular flexibility index (Phi) is 5.73. The van der Waals surface area contributed by atoms with Crippen molar-refractivity contribution in [3.63, 3.8) is 0 Å². The molecule has 0 heterocycles. The molecule has 0 aliphatic carbocycles. The Morgan fingerprint density at radius 2 is 2.11 bits per heavy atom. The molecule has 1 rings (SSSR count). The van der Waals surface area contributed by atoms with E-state index in [0.717, 1.165) is 5.56 Å². The predicted molar refractivity (Wildman–Crippen MR) is 66.6 cm³/mol. The van der Waals surface area contributed by atoms with Crippen LogP contribution in [0.4, 0.5) is 0 Å². The largest absolute Gasteiger partial charge is 0.493 e. The molecule has 1 aromatic rings. The van der Waals surface area contributed by atoms with Crippen LogP contribution in [0.1, 0.15) is 5.56 Å². The summed E-state index contributed by atoms with van der Waals surface area (Å²) in [7, 11) is 2.84. The van der Waals surface area contributed by atoms with Crippen molar-refractivity contribution in [1.29, 1.82) is 0 Å². The van der Waals surface area contributed by atoms with Crippen LogP contribution in [0.25, 0.3) is 6.08 Å². The van der Waals surface area contributed by atoms with Crippen LogP contribution in [0.15, 0.2) is 24.3 Å². The number of rotatable bonds is 6. The summed E-state index contributed by atoms with van der Waals surface area (Å²) in [5.41, 5.74) is 0.786. The van der Waals surface area contributed by atoms with Crippen molar-refractivity contribution in [2.24, 2.45) is 0 Å². The fourth-order valence-corrected chi connectivity index (χ4v) is 1.29. The summed E-state index contributed by atoms with van der Waals surface area (Å²) in [5.74, 6) is 0.659. The zero-order valence-corrected chi connectivity index (χ0v) is 10.4. The molecule has 5 nitrogen and oxygen atoms in total. The van der Waals surface area contributed by atoms with Crippen LogP contribution in [0.5, 0.6) is 11.5 Å². The van der Waals surface area contributed by atoms with E-state index >= 15 is 0 Å². The summed E-state index contributed by atoms with van der Waals surface area (Å²) >= 11 is 0. The summed E-state index contributed by atoms with van der Waals surface area (Å²) in [6, 6.07) is 5.21. The predicted octanol–water partition coefficient (Wildman–Crippen LogP) is 1.25. The van der Waals surface area contributed by atoms with Gasteiger partial charge < -0.3 is 19.3 Å². The van der Waals surface area contributed by atoms with E-state index in [0.29, 0.717) is 11.5 Å². The Morgan fingerprint density at radius 1 is 1.33 bits per heavy atom. The Hall–Kier alpha value is -2.01. The van der Waals surface area contributed by atoms with E-state index < -0.39 is 5.97 Å². The molecule has 0 aliphatic rings. The molecule has 0 saturated carbocycles. The maximum absolute atomic E-state index is 11.0. The van der Waals surface area contributed by atoms with Crippen molar-refractivity contribution in [3.05, 3.63) is 29.8 Å². The molecular formula is C13H16O5. The standard InChI is InChI=1S/C13H16O5/c1-16-12-9-10(4-6-13(15)17-2)3-5-11(12)18-8-7-14/h3-6,9,14H,7-8H2,1-2H3. The topological polar surface area (TPSA) is 65.0 Å². The van der Waals surface area contributed by atoms with Crippen LogP contribution < -0.4 is 9.47 Å². The van der Waals surface area contributed by atoms with Gasteiger partial charge in [0.1, 0.15) is 6.61 Å². The molecule has 5 heteroatoms. The number of ether oxygens (including phenoxy) is 3. The van der Waals surface area contributed by atoms with E-state index in [9.17, 15) is 4.79 Å². The van der Waals surface area contributed by atoms with Crippen molar-refractivity contribution >= 4 is 12.0 Å². The molecule has 0 saturated heterocycles. The minimum atomic E-state index is -0.422. The lowest BCUT2D eigenvalue weighted by Gasteiger charge is -2.10. The third-order valence-electron chi connectivity index (χ3n) is 2.15. The summed E-state index contributed by atoms with van der Waals surface area (Å²) in [5, 5.41) is 8.69. The maximum Gasteiger partial charge on any atom is 0.330 e. The number of methoxy groups -OCH3 is 2. The Labute approximate surface area is 106 Å². The average Bonchev–Trinajstić information content (AvgIpc) is 2.42. The molecule has 18 heavy (non-hydrogen) atoms. The van der Waals surface area contributed by atoms with Gasteiger partial charge in [0, 0.05) is 6.08 Å². The van der Waals surface area contributed by atoms with Gasteiger partial charge in [-0.1, -0.05) is 6.07 Å². The quantitative estimate of drug-likeness (QED) is 0.609. The lowest BCUT2D eigenvalue weighted by atomic mass is 10.2. The molecular weight excluding hydrogens is 236 g/mol. The van der Waals surface area contributed by atoms with Crippen molar-refractivity contribution in [2.75, 3.05) is 27.4 Å². The van der Waals surface area contributed by atoms with Gasteiger partial charge in [0.2, 0.25) is 0 Å². The van der Waals surface area contributed by atoms with Gasteiger partial charge in [0.05, 0.1) is 20.8 Å². The summed E-state index contributed by atoms with van der Waals surface area (Å²) in [6.45, 7) is 0.140. The maximum atomic E-state index is 11.0. The van der Waals surface area contributed by atoms with Gasteiger partial charge in [0.15, 0.2) is 11.5 Å². The van der Waals surface area contributed by atoms with Gasteiger partial charge in [-0.2, -0.15) is 0 Å². The fourth-order valence-electron chi connectivity index (χ4n) is 1.29. The van der Waals surface area contributed by atoms with E-state index in [1.54, 1.807) is 24.3 Å². The molecule has 0 aromatic heterocycles. The zero-order valence-electron chi connectivity index (χ0n) is 10.4. The lowest BCUT2D eigenvalue weighted by molar-refractivity contribution is -0.134. The van der Waals surface area contributed by atoms with Crippen LogP contribution >= 0.6 is 0 Å². The summed E-state index contributed by atoms with van der Waals surface area (Å²) < 4.78 is 14.9. The van der Waals surface area contributed by atoms with Crippen molar-refractivity contribution in [2.45, 2.75) is 0 Å². The monoisotopic (exact) mass is 252 g/mol. The smallest absolute Gasteiger partial charge is 0.330 e. The number of carbonyl (C=O) groups excluding carboxylic acids is 1. The molecule has 1 N–H and O–H groups in total. The van der Waals surface area contributed by atoms with E-state index in [1.807, 2.05) is 0 Å². The van der Waals surface area contributed by atoms with Gasteiger partial charge in [-0.25, -0.2) is 4.79 Å². The van der Waals surface area contributed by atoms with Crippen LogP contribution in [0.3, 0.4) is 0 Å². The van der Waals surface area contributed by atoms with Crippen molar-refractivity contribution < 1.29 is 24.1 Å². The second-order valence-corrected chi connectivity index (χ2v) is 3.34. The number of benzene rings is 1. The highest BCUT2D eigenvalue weighted by Gasteiger charge is 2.04. The number of aliphatic hydroxyl groups is 1. The third kappa shape index (κ3) is 4.10. The normalized spacial score (nSPS) is 10.4. The molecule has 0 radical (unpaired) electrons. The van der Waals surface area contributed by atoms with E-state index in [4.69, 9.17) is 14.6 Å². The third-order valence-corrected chi connectivity index (χ3v) is 2.15. The van der Waals surface area contributed by atoms with Gasteiger partial charge in [-0.05, 0) is 23.8 Å². The van der Waals surface area contributed by atoms with Gasteiger partial charge in [-0.3, -0.25) is 0 Å². The molecule has 1 aromatic carbocycles. The molecule has 0 spiro atoms. The summed E-state index contributed by atoms with van der Waals surface area (Å²) in [4.78, 5) is 11.0. The van der Waals surface area contributed by atoms with E-state index in [-0.39, 0.29) is 13.2 Å². The number of hydrogen-bond donors (Lipinski definition) is 1. The van der Waals surface area contributed by atoms with Crippen LogP contribution in [0, 0.1) is 0 Å².